The highest BCUT2D eigenvalue weighted by atomic mass is 14.7. The minimum atomic E-state index is 1.20. The number of hydrogen-bond acceptors (Lipinski definition) is 0. The summed E-state index contributed by atoms with van der Waals surface area (Å²) in [6.07, 6.45) is 5.84. The molecule has 74 valence electrons. The van der Waals surface area contributed by atoms with E-state index in [4.69, 9.17) is 0 Å². The number of aromatic nitrogens is 1. The van der Waals surface area contributed by atoms with Crippen molar-refractivity contribution in [1.82, 2.24) is 4.98 Å². The van der Waals surface area contributed by atoms with Crippen LogP contribution >= 0.6 is 0 Å². The molecule has 0 spiro atoms. The minimum absolute atomic E-state index is 1.20. The Morgan fingerprint density at radius 2 is 2.14 bits per heavy atom. The largest absolute Gasteiger partial charge is 0.361 e. The fourth-order valence-corrected chi connectivity index (χ4v) is 2.02. The van der Waals surface area contributed by atoms with E-state index < -0.39 is 0 Å². The predicted octanol–water partition coefficient (Wildman–Crippen LogP) is 3.82. The molecule has 1 N–H and O–H groups in total. The molecule has 0 unspecified atom stereocenters. The van der Waals surface area contributed by atoms with Gasteiger partial charge in [-0.15, -0.1) is 0 Å². The second-order valence-electron chi connectivity index (χ2n) is 3.91. The Balaban J connectivity index is 2.46. The topological polar surface area (TPSA) is 15.8 Å². The van der Waals surface area contributed by atoms with E-state index in [2.05, 4.69) is 43.2 Å². The van der Waals surface area contributed by atoms with E-state index in [1.165, 1.54) is 41.3 Å². The van der Waals surface area contributed by atoms with Crippen LogP contribution in [0.15, 0.2) is 24.4 Å². The van der Waals surface area contributed by atoms with Crippen molar-refractivity contribution in [2.45, 2.75) is 33.1 Å². The number of unbranched alkanes of at least 4 members (excludes halogenated alkanes) is 1. The molecule has 1 aromatic heterocycles. The third-order valence-corrected chi connectivity index (χ3v) is 2.79. The van der Waals surface area contributed by atoms with Crippen molar-refractivity contribution < 1.29 is 0 Å². The van der Waals surface area contributed by atoms with E-state index in [0.717, 1.165) is 0 Å². The molecule has 2 rings (SSSR count). The maximum Gasteiger partial charge on any atom is 0.0459 e. The first-order valence-corrected chi connectivity index (χ1v) is 5.38. The highest BCUT2D eigenvalue weighted by molar-refractivity contribution is 5.86. The monoisotopic (exact) mass is 187 g/mol. The molecule has 0 saturated carbocycles. The number of aromatic amines is 1. The maximum absolute atomic E-state index is 3.30. The van der Waals surface area contributed by atoms with Crippen LogP contribution in [-0.2, 0) is 6.42 Å². The lowest BCUT2D eigenvalue weighted by Gasteiger charge is -2.03. The molecule has 14 heavy (non-hydrogen) atoms. The number of rotatable bonds is 3. The molecule has 0 bridgehead atoms. The van der Waals surface area contributed by atoms with Gasteiger partial charge in [0.1, 0.15) is 0 Å². The normalized spacial score (nSPS) is 11.0. The van der Waals surface area contributed by atoms with Crippen molar-refractivity contribution >= 4 is 10.9 Å². The van der Waals surface area contributed by atoms with Crippen LogP contribution in [-0.4, -0.2) is 4.98 Å². The van der Waals surface area contributed by atoms with Crippen LogP contribution < -0.4 is 0 Å². The molecule has 0 fully saturated rings. The summed E-state index contributed by atoms with van der Waals surface area (Å²) in [6.45, 7) is 4.42. The zero-order valence-electron chi connectivity index (χ0n) is 8.93. The Morgan fingerprint density at radius 3 is 2.93 bits per heavy atom. The summed E-state index contributed by atoms with van der Waals surface area (Å²) < 4.78 is 0. The molecule has 0 aliphatic carbocycles. The van der Waals surface area contributed by atoms with E-state index in [9.17, 15) is 0 Å². The Hall–Kier alpha value is -1.24. The Labute approximate surface area is 85.1 Å². The van der Waals surface area contributed by atoms with Gasteiger partial charge in [0, 0.05) is 17.1 Å². The molecule has 2 aromatic rings. The average Bonchev–Trinajstić information content (AvgIpc) is 2.58. The first kappa shape index (κ1) is 9.32. The smallest absolute Gasteiger partial charge is 0.0459 e. The van der Waals surface area contributed by atoms with Crippen LogP contribution in [0.4, 0.5) is 0 Å². The maximum atomic E-state index is 3.30. The predicted molar refractivity (Wildman–Crippen MR) is 61.6 cm³/mol. The molecule has 1 heteroatoms. The van der Waals surface area contributed by atoms with Gasteiger partial charge in [-0.25, -0.2) is 0 Å². The van der Waals surface area contributed by atoms with Crippen molar-refractivity contribution in [3.05, 3.63) is 35.5 Å². The van der Waals surface area contributed by atoms with Gasteiger partial charge in [-0.05, 0) is 37.0 Å². The van der Waals surface area contributed by atoms with Crippen molar-refractivity contribution in [2.24, 2.45) is 0 Å². The minimum Gasteiger partial charge on any atom is -0.361 e. The fourth-order valence-electron chi connectivity index (χ4n) is 2.02. The van der Waals surface area contributed by atoms with Crippen LogP contribution in [0.2, 0.25) is 0 Å². The van der Waals surface area contributed by atoms with Crippen molar-refractivity contribution in [3.8, 4) is 0 Å². The van der Waals surface area contributed by atoms with Gasteiger partial charge in [-0.3, -0.25) is 0 Å². The van der Waals surface area contributed by atoms with Gasteiger partial charge in [0.25, 0.3) is 0 Å². The van der Waals surface area contributed by atoms with E-state index in [1.807, 2.05) is 0 Å². The van der Waals surface area contributed by atoms with E-state index >= 15 is 0 Å². The van der Waals surface area contributed by atoms with E-state index in [0.29, 0.717) is 0 Å². The van der Waals surface area contributed by atoms with Gasteiger partial charge < -0.3 is 4.98 Å². The van der Waals surface area contributed by atoms with Crippen LogP contribution in [0, 0.1) is 6.92 Å². The Bertz CT molecular complexity index is 426. The van der Waals surface area contributed by atoms with Crippen molar-refractivity contribution in [2.75, 3.05) is 0 Å². The lowest BCUT2D eigenvalue weighted by molar-refractivity contribution is 0.799. The van der Waals surface area contributed by atoms with Crippen molar-refractivity contribution in [1.29, 1.82) is 0 Å². The number of fused-ring (bicyclic) bond motifs is 1. The Kier molecular flexibility index (Phi) is 2.58. The number of benzene rings is 1. The van der Waals surface area contributed by atoms with Crippen molar-refractivity contribution in [3.63, 3.8) is 0 Å². The molecule has 0 atom stereocenters. The standard InChI is InChI=1S/C13H17N/c1-3-4-6-11-7-5-8-12-13(11)10(2)9-14-12/h5,7-9,14H,3-4,6H2,1-2H3. The summed E-state index contributed by atoms with van der Waals surface area (Å²) in [5.74, 6) is 0. The molecular formula is C13H17N. The van der Waals surface area contributed by atoms with E-state index in [1.54, 1.807) is 0 Å². The zero-order chi connectivity index (χ0) is 9.97. The molecule has 0 saturated heterocycles. The zero-order valence-corrected chi connectivity index (χ0v) is 8.93. The summed E-state index contributed by atoms with van der Waals surface area (Å²) in [6, 6.07) is 6.54. The molecule has 1 heterocycles. The summed E-state index contributed by atoms with van der Waals surface area (Å²) in [5.41, 5.74) is 4.13. The fraction of sp³-hybridized carbons (Fsp3) is 0.385. The third kappa shape index (κ3) is 1.54. The lowest BCUT2D eigenvalue weighted by atomic mass is 10.0. The SMILES string of the molecule is CCCCc1cccc2[nH]cc(C)c12. The Morgan fingerprint density at radius 1 is 1.29 bits per heavy atom. The van der Waals surface area contributed by atoms with E-state index in [-0.39, 0.29) is 0 Å². The lowest BCUT2D eigenvalue weighted by Crippen LogP contribution is -1.86. The summed E-state index contributed by atoms with van der Waals surface area (Å²) in [4.78, 5) is 3.30. The summed E-state index contributed by atoms with van der Waals surface area (Å²) >= 11 is 0. The van der Waals surface area contributed by atoms with Crippen LogP contribution in [0.25, 0.3) is 10.9 Å². The molecule has 0 amide bonds. The molecule has 0 aliphatic rings. The van der Waals surface area contributed by atoms with Crippen LogP contribution in [0.1, 0.15) is 30.9 Å². The summed E-state index contributed by atoms with van der Waals surface area (Å²) in [5, 5.41) is 1.43. The van der Waals surface area contributed by atoms with Gasteiger partial charge in [0.05, 0.1) is 0 Å². The van der Waals surface area contributed by atoms with Gasteiger partial charge >= 0.3 is 0 Å². The molecular weight excluding hydrogens is 170 g/mol. The molecule has 0 radical (unpaired) electrons. The van der Waals surface area contributed by atoms with Crippen LogP contribution in [0.3, 0.4) is 0 Å². The second kappa shape index (κ2) is 3.87. The summed E-state index contributed by atoms with van der Waals surface area (Å²) in [7, 11) is 0. The highest BCUT2D eigenvalue weighted by Crippen LogP contribution is 2.23. The molecule has 1 aromatic carbocycles. The number of nitrogens with one attached hydrogen (secondary N) is 1. The van der Waals surface area contributed by atoms with Gasteiger partial charge in [0.15, 0.2) is 0 Å². The first-order valence-electron chi connectivity index (χ1n) is 5.38. The number of H-pyrrole nitrogens is 1. The number of hydrogen-bond donors (Lipinski definition) is 1. The quantitative estimate of drug-likeness (QED) is 0.752. The highest BCUT2D eigenvalue weighted by Gasteiger charge is 2.04. The third-order valence-electron chi connectivity index (χ3n) is 2.79. The van der Waals surface area contributed by atoms with Crippen LogP contribution in [0.5, 0.6) is 0 Å². The average molecular weight is 187 g/mol. The molecule has 1 nitrogen and oxygen atoms in total. The second-order valence-corrected chi connectivity index (χ2v) is 3.91. The molecule has 0 aliphatic heterocycles. The van der Waals surface area contributed by atoms with Gasteiger partial charge in [-0.2, -0.15) is 0 Å². The number of aryl methyl sites for hydroxylation is 2. The first-order chi connectivity index (χ1) is 6.83. The van der Waals surface area contributed by atoms with Gasteiger partial charge in [-0.1, -0.05) is 25.5 Å². The van der Waals surface area contributed by atoms with Gasteiger partial charge in [0.2, 0.25) is 0 Å².